The Kier molecular flexibility index (Phi) is 5.57. The summed E-state index contributed by atoms with van der Waals surface area (Å²) in [5.74, 6) is -1.81. The molecule has 2 heterocycles. The predicted molar refractivity (Wildman–Crippen MR) is 108 cm³/mol. The molecule has 31 heavy (non-hydrogen) atoms. The second-order valence-corrected chi connectivity index (χ2v) is 8.19. The number of halogens is 4. The molecule has 1 aromatic heterocycles. The minimum atomic E-state index is -4.90. The molecular weight excluding hydrogens is 434 g/mol. The van der Waals surface area contributed by atoms with Crippen LogP contribution < -0.4 is 10.1 Å². The molecule has 0 fully saturated rings. The van der Waals surface area contributed by atoms with Crippen molar-refractivity contribution in [1.82, 2.24) is 9.88 Å². The normalized spacial score (nSPS) is 13.6. The van der Waals surface area contributed by atoms with Crippen LogP contribution in [-0.2, 0) is 13.0 Å². The van der Waals surface area contributed by atoms with Crippen LogP contribution in [0.25, 0.3) is 0 Å². The predicted octanol–water partition coefficient (Wildman–Crippen LogP) is 5.43. The highest BCUT2D eigenvalue weighted by molar-refractivity contribution is 7.15. The monoisotopic (exact) mass is 451 g/mol. The van der Waals surface area contributed by atoms with Crippen LogP contribution in [0.5, 0.6) is 5.75 Å². The fourth-order valence-electron chi connectivity index (χ4n) is 3.38. The molecule has 1 amide bonds. The number of nitrogens with zero attached hydrogens (tertiary/aromatic N) is 2. The second-order valence-electron chi connectivity index (χ2n) is 6.98. The maximum absolute atomic E-state index is 14.2. The van der Waals surface area contributed by atoms with Gasteiger partial charge in [0.15, 0.2) is 5.13 Å². The van der Waals surface area contributed by atoms with Gasteiger partial charge in [-0.2, -0.15) is 0 Å². The number of hydrogen-bond donors (Lipinski definition) is 1. The van der Waals surface area contributed by atoms with Gasteiger partial charge in [-0.15, -0.1) is 24.5 Å². The van der Waals surface area contributed by atoms with Crippen LogP contribution in [0.1, 0.15) is 26.5 Å². The minimum absolute atomic E-state index is 0.0748. The zero-order chi connectivity index (χ0) is 22.2. The van der Waals surface area contributed by atoms with Crippen LogP contribution in [0.15, 0.2) is 42.5 Å². The van der Waals surface area contributed by atoms with E-state index in [9.17, 15) is 22.4 Å². The number of aryl methyl sites for hydroxylation is 1. The number of carbonyl (C=O) groups is 1. The number of thiazole rings is 1. The molecule has 4 rings (SSSR count). The number of alkyl halides is 3. The van der Waals surface area contributed by atoms with Gasteiger partial charge in [0.1, 0.15) is 17.3 Å². The molecule has 1 N–H and O–H groups in total. The number of nitrogens with one attached hydrogen (secondary N) is 1. The van der Waals surface area contributed by atoms with Crippen LogP contribution in [0.2, 0.25) is 0 Å². The number of anilines is 2. The van der Waals surface area contributed by atoms with Crippen LogP contribution in [-0.4, -0.2) is 28.7 Å². The van der Waals surface area contributed by atoms with Crippen molar-refractivity contribution in [1.29, 1.82) is 0 Å². The van der Waals surface area contributed by atoms with Crippen LogP contribution in [0, 0.1) is 12.7 Å². The Bertz CT molecular complexity index is 1130. The number of aromatic nitrogens is 1. The Morgan fingerprint density at radius 3 is 2.65 bits per heavy atom. The van der Waals surface area contributed by atoms with Crippen molar-refractivity contribution in [3.8, 4) is 5.75 Å². The molecule has 0 bridgehead atoms. The molecule has 5 nitrogen and oxygen atoms in total. The Morgan fingerprint density at radius 2 is 1.94 bits per heavy atom. The van der Waals surface area contributed by atoms with Crippen molar-refractivity contribution in [3.63, 3.8) is 0 Å². The van der Waals surface area contributed by atoms with Crippen LogP contribution in [0.3, 0.4) is 0 Å². The first-order valence-electron chi connectivity index (χ1n) is 9.35. The van der Waals surface area contributed by atoms with E-state index >= 15 is 0 Å². The van der Waals surface area contributed by atoms with Crippen molar-refractivity contribution in [2.24, 2.45) is 0 Å². The van der Waals surface area contributed by atoms with Gasteiger partial charge >= 0.3 is 6.36 Å². The highest BCUT2D eigenvalue weighted by Gasteiger charge is 2.31. The summed E-state index contributed by atoms with van der Waals surface area (Å²) in [4.78, 5) is 19.7. The molecule has 0 saturated heterocycles. The quantitative estimate of drug-likeness (QED) is 0.538. The Morgan fingerprint density at radius 1 is 1.19 bits per heavy atom. The Hall–Kier alpha value is -3.14. The lowest BCUT2D eigenvalue weighted by atomic mass is 10.00. The van der Waals surface area contributed by atoms with Gasteiger partial charge in [0, 0.05) is 24.0 Å². The summed E-state index contributed by atoms with van der Waals surface area (Å²) in [6.07, 6.45) is -4.15. The second kappa shape index (κ2) is 8.18. The van der Waals surface area contributed by atoms with Gasteiger partial charge in [-0.3, -0.25) is 4.79 Å². The molecule has 0 unspecified atom stereocenters. The summed E-state index contributed by atoms with van der Waals surface area (Å²) in [6, 6.07) is 10.7. The molecule has 0 radical (unpaired) electrons. The SMILES string of the molecule is Cc1sc(Nc2ccc(OC(F)(F)F)cc2F)nc1C(=O)N1CCc2ccccc2C1. The van der Waals surface area contributed by atoms with E-state index < -0.39 is 17.9 Å². The third-order valence-electron chi connectivity index (χ3n) is 4.83. The standard InChI is InChI=1S/C21H17F4N3O2S/c1-12-18(19(29)28-9-8-13-4-2-3-5-14(13)11-28)27-20(31-12)26-17-7-6-15(10-16(17)22)30-21(23,24)25/h2-7,10H,8-9,11H2,1H3,(H,26,27). The van der Waals surface area contributed by atoms with E-state index in [0.29, 0.717) is 24.0 Å². The lowest BCUT2D eigenvalue weighted by molar-refractivity contribution is -0.274. The average Bonchev–Trinajstić information content (AvgIpc) is 3.08. The number of fused-ring (bicyclic) bond motifs is 1. The van der Waals surface area contributed by atoms with Gasteiger partial charge in [0.05, 0.1) is 5.69 Å². The molecule has 3 aromatic rings. The van der Waals surface area contributed by atoms with Gasteiger partial charge < -0.3 is 15.0 Å². The lowest BCUT2D eigenvalue weighted by Gasteiger charge is -2.28. The van der Waals surface area contributed by atoms with Crippen molar-refractivity contribution in [3.05, 3.63) is 70.0 Å². The summed E-state index contributed by atoms with van der Waals surface area (Å²) in [5.41, 5.74) is 2.51. The highest BCUT2D eigenvalue weighted by atomic mass is 32.1. The fraction of sp³-hybridized carbons (Fsp3) is 0.238. The minimum Gasteiger partial charge on any atom is -0.406 e. The van der Waals surface area contributed by atoms with E-state index in [1.165, 1.54) is 5.56 Å². The number of ether oxygens (including phenoxy) is 1. The van der Waals surface area contributed by atoms with Crippen LogP contribution in [0.4, 0.5) is 28.4 Å². The van der Waals surface area contributed by atoms with Gasteiger partial charge in [0.25, 0.3) is 5.91 Å². The number of amides is 1. The van der Waals surface area contributed by atoms with E-state index in [1.807, 2.05) is 24.3 Å². The van der Waals surface area contributed by atoms with Crippen molar-refractivity contribution in [2.45, 2.75) is 26.3 Å². The summed E-state index contributed by atoms with van der Waals surface area (Å²) in [6.45, 7) is 2.81. The van der Waals surface area contributed by atoms with E-state index in [4.69, 9.17) is 0 Å². The van der Waals surface area contributed by atoms with Crippen molar-refractivity contribution < 1.29 is 27.1 Å². The molecule has 10 heteroatoms. The third kappa shape index (κ3) is 4.79. The maximum atomic E-state index is 14.2. The van der Waals surface area contributed by atoms with E-state index in [1.54, 1.807) is 11.8 Å². The molecular formula is C21H17F4N3O2S. The molecule has 0 spiro atoms. The number of carbonyl (C=O) groups excluding carboxylic acids is 1. The molecule has 0 saturated carbocycles. The van der Waals surface area contributed by atoms with Gasteiger partial charge in [-0.1, -0.05) is 24.3 Å². The molecule has 2 aromatic carbocycles. The number of hydrogen-bond acceptors (Lipinski definition) is 5. The molecule has 0 atom stereocenters. The Labute approximate surface area is 179 Å². The number of rotatable bonds is 4. The molecule has 1 aliphatic heterocycles. The lowest BCUT2D eigenvalue weighted by Crippen LogP contribution is -2.36. The van der Waals surface area contributed by atoms with E-state index in [2.05, 4.69) is 15.0 Å². The maximum Gasteiger partial charge on any atom is 0.573 e. The molecule has 162 valence electrons. The summed E-state index contributed by atoms with van der Waals surface area (Å²) >= 11 is 1.16. The third-order valence-corrected chi connectivity index (χ3v) is 5.72. The summed E-state index contributed by atoms with van der Waals surface area (Å²) in [7, 11) is 0. The van der Waals surface area contributed by atoms with E-state index in [0.717, 1.165) is 35.5 Å². The van der Waals surface area contributed by atoms with Gasteiger partial charge in [0.2, 0.25) is 0 Å². The first kappa shape index (κ1) is 21.1. The van der Waals surface area contributed by atoms with Gasteiger partial charge in [-0.05, 0) is 36.6 Å². The summed E-state index contributed by atoms with van der Waals surface area (Å²) < 4.78 is 54.7. The van der Waals surface area contributed by atoms with Crippen molar-refractivity contribution >= 4 is 28.1 Å². The van der Waals surface area contributed by atoms with E-state index in [-0.39, 0.29) is 22.4 Å². The largest absolute Gasteiger partial charge is 0.573 e. The molecule has 0 aliphatic carbocycles. The van der Waals surface area contributed by atoms with Crippen molar-refractivity contribution in [2.75, 3.05) is 11.9 Å². The molecule has 1 aliphatic rings. The first-order chi connectivity index (χ1) is 14.7. The summed E-state index contributed by atoms with van der Waals surface area (Å²) in [5, 5.41) is 2.99. The highest BCUT2D eigenvalue weighted by Crippen LogP contribution is 2.31. The topological polar surface area (TPSA) is 54.5 Å². The van der Waals surface area contributed by atoms with Gasteiger partial charge in [-0.25, -0.2) is 9.37 Å². The first-order valence-corrected chi connectivity index (χ1v) is 10.2. The zero-order valence-electron chi connectivity index (χ0n) is 16.3. The van der Waals surface area contributed by atoms with Crippen LogP contribution >= 0.6 is 11.3 Å². The zero-order valence-corrected chi connectivity index (χ0v) is 17.1. The fourth-order valence-corrected chi connectivity index (χ4v) is 4.19. The Balaban J connectivity index is 1.49. The number of benzene rings is 2. The smallest absolute Gasteiger partial charge is 0.406 e. The average molecular weight is 451 g/mol.